The SMILES string of the molecule is CCNC(=O)N1C(=O)CC(C)=C(C#N)C1c1cccc(-c2cccnc2)c1. The van der Waals surface area contributed by atoms with Crippen molar-refractivity contribution in [2.45, 2.75) is 26.3 Å². The number of amides is 3. The molecule has 136 valence electrons. The highest BCUT2D eigenvalue weighted by molar-refractivity contribution is 5.98. The van der Waals surface area contributed by atoms with E-state index in [9.17, 15) is 14.9 Å². The third-order valence-electron chi connectivity index (χ3n) is 4.54. The van der Waals surface area contributed by atoms with E-state index in [2.05, 4.69) is 16.4 Å². The van der Waals surface area contributed by atoms with Crippen LogP contribution in [0.1, 0.15) is 31.9 Å². The van der Waals surface area contributed by atoms with E-state index in [0.29, 0.717) is 23.3 Å². The lowest BCUT2D eigenvalue weighted by Crippen LogP contribution is -2.48. The molecule has 0 bridgehead atoms. The lowest BCUT2D eigenvalue weighted by molar-refractivity contribution is -0.129. The lowest BCUT2D eigenvalue weighted by atomic mass is 9.88. The van der Waals surface area contributed by atoms with E-state index in [-0.39, 0.29) is 12.3 Å². The molecule has 1 aliphatic heterocycles. The van der Waals surface area contributed by atoms with Gasteiger partial charge >= 0.3 is 6.03 Å². The van der Waals surface area contributed by atoms with E-state index in [0.717, 1.165) is 16.0 Å². The highest BCUT2D eigenvalue weighted by Gasteiger charge is 2.38. The van der Waals surface area contributed by atoms with E-state index >= 15 is 0 Å². The number of pyridine rings is 1. The summed E-state index contributed by atoms with van der Waals surface area (Å²) in [5.74, 6) is -0.311. The van der Waals surface area contributed by atoms with Crippen LogP contribution in [0.4, 0.5) is 4.79 Å². The highest BCUT2D eigenvalue weighted by Crippen LogP contribution is 2.37. The second-order valence-corrected chi connectivity index (χ2v) is 6.35. The van der Waals surface area contributed by atoms with Crippen molar-refractivity contribution in [3.8, 4) is 17.2 Å². The topological polar surface area (TPSA) is 86.1 Å². The average molecular weight is 360 g/mol. The van der Waals surface area contributed by atoms with Crippen molar-refractivity contribution >= 4 is 11.9 Å². The number of aromatic nitrogens is 1. The molecule has 6 nitrogen and oxygen atoms in total. The number of nitriles is 1. The third-order valence-corrected chi connectivity index (χ3v) is 4.54. The quantitative estimate of drug-likeness (QED) is 0.906. The van der Waals surface area contributed by atoms with E-state index < -0.39 is 12.1 Å². The van der Waals surface area contributed by atoms with E-state index in [1.165, 1.54) is 0 Å². The first kappa shape index (κ1) is 18.3. The van der Waals surface area contributed by atoms with Gasteiger partial charge in [0.2, 0.25) is 5.91 Å². The predicted octanol–water partition coefficient (Wildman–Crippen LogP) is 3.59. The summed E-state index contributed by atoms with van der Waals surface area (Å²) < 4.78 is 0. The summed E-state index contributed by atoms with van der Waals surface area (Å²) in [7, 11) is 0. The zero-order valence-corrected chi connectivity index (χ0v) is 15.3. The molecule has 6 heteroatoms. The monoisotopic (exact) mass is 360 g/mol. The van der Waals surface area contributed by atoms with Crippen LogP contribution in [-0.2, 0) is 4.79 Å². The Balaban J connectivity index is 2.12. The van der Waals surface area contributed by atoms with Crippen LogP contribution in [0.3, 0.4) is 0 Å². The Bertz CT molecular complexity index is 944. The average Bonchev–Trinajstić information content (AvgIpc) is 2.68. The van der Waals surface area contributed by atoms with Gasteiger partial charge in [-0.3, -0.25) is 14.7 Å². The number of urea groups is 1. The molecular formula is C21H20N4O2. The van der Waals surface area contributed by atoms with Crippen molar-refractivity contribution in [1.82, 2.24) is 15.2 Å². The minimum absolute atomic E-state index is 0.0683. The fourth-order valence-corrected chi connectivity index (χ4v) is 3.27. The molecule has 1 aliphatic rings. The number of rotatable bonds is 3. The number of hydrogen-bond acceptors (Lipinski definition) is 4. The lowest BCUT2D eigenvalue weighted by Gasteiger charge is -2.34. The summed E-state index contributed by atoms with van der Waals surface area (Å²) in [4.78, 5) is 30.5. The molecule has 0 fully saturated rings. The third kappa shape index (κ3) is 3.58. The number of hydrogen-bond donors (Lipinski definition) is 1. The molecule has 3 rings (SSSR count). The molecule has 1 unspecified atom stereocenters. The van der Waals surface area contributed by atoms with Crippen LogP contribution in [0.15, 0.2) is 59.9 Å². The largest absolute Gasteiger partial charge is 0.338 e. The Hall–Kier alpha value is -3.46. The predicted molar refractivity (Wildman–Crippen MR) is 101 cm³/mol. The van der Waals surface area contributed by atoms with Gasteiger partial charge in [-0.15, -0.1) is 0 Å². The molecule has 27 heavy (non-hydrogen) atoms. The highest BCUT2D eigenvalue weighted by atomic mass is 16.2. The maximum Gasteiger partial charge on any atom is 0.324 e. The maximum absolute atomic E-state index is 12.6. The summed E-state index contributed by atoms with van der Waals surface area (Å²) >= 11 is 0. The smallest absolute Gasteiger partial charge is 0.324 e. The molecule has 0 aliphatic carbocycles. The van der Waals surface area contributed by atoms with Gasteiger partial charge in [-0.25, -0.2) is 4.79 Å². The van der Waals surface area contributed by atoms with Crippen molar-refractivity contribution in [3.05, 3.63) is 65.5 Å². The maximum atomic E-state index is 12.6. The van der Waals surface area contributed by atoms with Crippen molar-refractivity contribution in [2.75, 3.05) is 6.54 Å². The van der Waals surface area contributed by atoms with E-state index in [4.69, 9.17) is 0 Å². The first-order chi connectivity index (χ1) is 13.1. The van der Waals surface area contributed by atoms with Crippen LogP contribution in [-0.4, -0.2) is 28.4 Å². The molecule has 0 spiro atoms. The number of carbonyl (C=O) groups is 2. The second-order valence-electron chi connectivity index (χ2n) is 6.35. The first-order valence-electron chi connectivity index (χ1n) is 8.76. The molecule has 1 aromatic carbocycles. The van der Waals surface area contributed by atoms with Crippen LogP contribution < -0.4 is 5.32 Å². The van der Waals surface area contributed by atoms with Gasteiger partial charge in [0.25, 0.3) is 0 Å². The molecule has 0 saturated carbocycles. The van der Waals surface area contributed by atoms with Gasteiger partial charge in [0.15, 0.2) is 0 Å². The van der Waals surface area contributed by atoms with Gasteiger partial charge in [0.05, 0.1) is 11.6 Å². The van der Waals surface area contributed by atoms with Crippen molar-refractivity contribution in [3.63, 3.8) is 0 Å². The fourth-order valence-electron chi connectivity index (χ4n) is 3.27. The minimum Gasteiger partial charge on any atom is -0.338 e. The first-order valence-corrected chi connectivity index (χ1v) is 8.76. The molecule has 2 aromatic rings. The molecule has 3 amide bonds. The zero-order chi connectivity index (χ0) is 19.4. The summed E-state index contributed by atoms with van der Waals surface area (Å²) in [6, 6.07) is 12.3. The number of imide groups is 1. The van der Waals surface area contributed by atoms with Gasteiger partial charge in [0, 0.05) is 25.4 Å². The summed E-state index contributed by atoms with van der Waals surface area (Å²) in [5.41, 5.74) is 3.67. The Morgan fingerprint density at radius 3 is 2.78 bits per heavy atom. The van der Waals surface area contributed by atoms with Crippen LogP contribution in [0.2, 0.25) is 0 Å². The molecular weight excluding hydrogens is 340 g/mol. The Kier molecular flexibility index (Phi) is 5.32. The van der Waals surface area contributed by atoms with Crippen LogP contribution >= 0.6 is 0 Å². The van der Waals surface area contributed by atoms with E-state index in [1.54, 1.807) is 26.2 Å². The Morgan fingerprint density at radius 1 is 1.33 bits per heavy atom. The fraction of sp³-hybridized carbons (Fsp3) is 0.238. The van der Waals surface area contributed by atoms with Crippen LogP contribution in [0.5, 0.6) is 0 Å². The zero-order valence-electron chi connectivity index (χ0n) is 15.3. The standard InChI is InChI=1S/C21H20N4O2/c1-3-24-21(27)25-19(26)10-14(2)18(12-22)20(25)16-7-4-6-15(11-16)17-8-5-9-23-13-17/h4-9,11,13,20H,3,10H2,1-2H3,(H,24,27). The van der Waals surface area contributed by atoms with E-state index in [1.807, 2.05) is 36.4 Å². The van der Waals surface area contributed by atoms with Crippen molar-refractivity contribution in [2.24, 2.45) is 0 Å². The van der Waals surface area contributed by atoms with Gasteiger partial charge < -0.3 is 5.32 Å². The van der Waals surface area contributed by atoms with Crippen LogP contribution in [0, 0.1) is 11.3 Å². The van der Waals surface area contributed by atoms with Gasteiger partial charge in [-0.05, 0) is 48.2 Å². The molecule has 0 saturated heterocycles. The van der Waals surface area contributed by atoms with Crippen LogP contribution in [0.25, 0.3) is 11.1 Å². The minimum atomic E-state index is -0.737. The van der Waals surface area contributed by atoms with Gasteiger partial charge in [-0.2, -0.15) is 5.26 Å². The Labute approximate surface area is 158 Å². The molecule has 1 aromatic heterocycles. The van der Waals surface area contributed by atoms with Gasteiger partial charge in [0.1, 0.15) is 6.04 Å². The summed E-state index contributed by atoms with van der Waals surface area (Å²) in [6.07, 6.45) is 3.52. The summed E-state index contributed by atoms with van der Waals surface area (Å²) in [6.45, 7) is 3.95. The normalized spacial score (nSPS) is 16.9. The molecule has 1 atom stereocenters. The molecule has 0 radical (unpaired) electrons. The molecule has 2 heterocycles. The number of nitrogens with one attached hydrogen (secondary N) is 1. The Morgan fingerprint density at radius 2 is 2.11 bits per heavy atom. The van der Waals surface area contributed by atoms with Crippen molar-refractivity contribution in [1.29, 1.82) is 5.26 Å². The van der Waals surface area contributed by atoms with Crippen molar-refractivity contribution < 1.29 is 9.59 Å². The number of carbonyl (C=O) groups excluding carboxylic acids is 2. The van der Waals surface area contributed by atoms with Gasteiger partial charge in [-0.1, -0.05) is 24.3 Å². The molecule has 1 N–H and O–H groups in total. The second kappa shape index (κ2) is 7.83. The number of nitrogens with zero attached hydrogens (tertiary/aromatic N) is 3. The number of benzene rings is 1. The summed E-state index contributed by atoms with van der Waals surface area (Å²) in [5, 5.41) is 12.4.